The molecule has 128 valence electrons. The fraction of sp³-hybridized carbons (Fsp3) is 0.375. The van der Waals surface area contributed by atoms with Crippen LogP contribution in [0.15, 0.2) is 18.2 Å². The molecular formula is C16H18N2O4S2. The first kappa shape index (κ1) is 18.4. The molecule has 0 aromatic heterocycles. The van der Waals surface area contributed by atoms with E-state index in [0.717, 1.165) is 0 Å². The van der Waals surface area contributed by atoms with Crippen molar-refractivity contribution in [2.45, 2.75) is 25.5 Å². The zero-order valence-corrected chi connectivity index (χ0v) is 15.3. The van der Waals surface area contributed by atoms with Crippen molar-refractivity contribution in [2.24, 2.45) is 0 Å². The maximum absolute atomic E-state index is 12.3. The van der Waals surface area contributed by atoms with Crippen LogP contribution in [0.3, 0.4) is 0 Å². The first-order valence-electron chi connectivity index (χ1n) is 7.38. The molecule has 0 radical (unpaired) electrons. The summed E-state index contributed by atoms with van der Waals surface area (Å²) in [7, 11) is 1.47. The lowest BCUT2D eigenvalue weighted by Crippen LogP contribution is -2.38. The quantitative estimate of drug-likeness (QED) is 0.616. The first-order chi connectivity index (χ1) is 11.4. The molecule has 1 aromatic rings. The number of hydrogen-bond donors (Lipinski definition) is 1. The number of ether oxygens (including phenoxy) is 1. The van der Waals surface area contributed by atoms with Crippen molar-refractivity contribution in [3.8, 4) is 5.75 Å². The van der Waals surface area contributed by atoms with Crippen LogP contribution >= 0.6 is 24.0 Å². The molecule has 1 unspecified atom stereocenters. The summed E-state index contributed by atoms with van der Waals surface area (Å²) in [6.45, 7) is 3.19. The van der Waals surface area contributed by atoms with E-state index in [9.17, 15) is 14.4 Å². The molecule has 0 aliphatic carbocycles. The van der Waals surface area contributed by atoms with E-state index in [-0.39, 0.29) is 23.5 Å². The van der Waals surface area contributed by atoms with E-state index in [2.05, 4.69) is 5.32 Å². The van der Waals surface area contributed by atoms with Crippen molar-refractivity contribution < 1.29 is 19.1 Å². The number of nitrogens with zero attached hydrogens (tertiary/aromatic N) is 1. The van der Waals surface area contributed by atoms with Gasteiger partial charge in [-0.25, -0.2) is 0 Å². The summed E-state index contributed by atoms with van der Waals surface area (Å²) in [5.41, 5.74) is 0.841. The van der Waals surface area contributed by atoms with E-state index in [0.29, 0.717) is 27.7 Å². The van der Waals surface area contributed by atoms with E-state index >= 15 is 0 Å². The van der Waals surface area contributed by atoms with Gasteiger partial charge in [0.2, 0.25) is 11.8 Å². The fourth-order valence-corrected chi connectivity index (χ4v) is 3.68. The van der Waals surface area contributed by atoms with E-state index in [1.165, 1.54) is 30.7 Å². The summed E-state index contributed by atoms with van der Waals surface area (Å²) in [5, 5.41) is 2.46. The number of amides is 2. The Balaban J connectivity index is 2.12. The van der Waals surface area contributed by atoms with Crippen LogP contribution in [-0.2, 0) is 9.59 Å². The molecule has 0 spiro atoms. The van der Waals surface area contributed by atoms with Gasteiger partial charge in [0.25, 0.3) is 0 Å². The molecule has 0 bridgehead atoms. The van der Waals surface area contributed by atoms with Crippen LogP contribution in [0, 0.1) is 0 Å². The highest BCUT2D eigenvalue weighted by atomic mass is 32.2. The Morgan fingerprint density at radius 1 is 1.42 bits per heavy atom. The Labute approximate surface area is 149 Å². The molecule has 2 rings (SSSR count). The number of carbonyl (C=O) groups is 3. The van der Waals surface area contributed by atoms with Gasteiger partial charge in [0.05, 0.1) is 18.0 Å². The summed E-state index contributed by atoms with van der Waals surface area (Å²) in [6, 6.07) is 4.78. The Morgan fingerprint density at radius 3 is 2.67 bits per heavy atom. The molecule has 6 nitrogen and oxygen atoms in total. The predicted octanol–water partition coefficient (Wildman–Crippen LogP) is 2.48. The topological polar surface area (TPSA) is 75.7 Å². The molecule has 0 saturated carbocycles. The van der Waals surface area contributed by atoms with E-state index in [4.69, 9.17) is 17.0 Å². The second-order valence-electron chi connectivity index (χ2n) is 5.22. The zero-order valence-electron chi connectivity index (χ0n) is 13.6. The number of thioether (sulfide) groups is 1. The summed E-state index contributed by atoms with van der Waals surface area (Å²) in [6.07, 6.45) is 0.663. The lowest BCUT2D eigenvalue weighted by Gasteiger charge is -2.16. The van der Waals surface area contributed by atoms with Gasteiger partial charge >= 0.3 is 0 Å². The number of Topliss-reactive ketones (excluding diaryl/α,β-unsaturated/α-hetero) is 1. The second kappa shape index (κ2) is 7.76. The Bertz CT molecular complexity index is 705. The van der Waals surface area contributed by atoms with Crippen LogP contribution in [-0.4, -0.2) is 45.7 Å². The van der Waals surface area contributed by atoms with Crippen molar-refractivity contribution in [1.29, 1.82) is 0 Å². The van der Waals surface area contributed by atoms with Crippen LogP contribution in [0.2, 0.25) is 0 Å². The van der Waals surface area contributed by atoms with Gasteiger partial charge in [-0.05, 0) is 31.5 Å². The van der Waals surface area contributed by atoms with Crippen molar-refractivity contribution in [3.63, 3.8) is 0 Å². The third-order valence-corrected chi connectivity index (χ3v) is 5.31. The van der Waals surface area contributed by atoms with Crippen molar-refractivity contribution >= 4 is 51.6 Å². The molecule has 1 aromatic carbocycles. The largest absolute Gasteiger partial charge is 0.495 e. The van der Waals surface area contributed by atoms with Crippen molar-refractivity contribution in [2.75, 3.05) is 19.0 Å². The molecule has 1 fully saturated rings. The number of thiocarbonyl (C=S) groups is 1. The Morgan fingerprint density at radius 2 is 2.12 bits per heavy atom. The van der Waals surface area contributed by atoms with Gasteiger partial charge in [0.1, 0.15) is 16.6 Å². The van der Waals surface area contributed by atoms with Crippen molar-refractivity contribution in [1.82, 2.24) is 4.90 Å². The van der Waals surface area contributed by atoms with Crippen molar-refractivity contribution in [3.05, 3.63) is 23.8 Å². The van der Waals surface area contributed by atoms with E-state index in [1.807, 2.05) is 6.92 Å². The van der Waals surface area contributed by atoms with Gasteiger partial charge in [0, 0.05) is 5.56 Å². The van der Waals surface area contributed by atoms with Crippen LogP contribution < -0.4 is 10.1 Å². The Hall–Kier alpha value is -1.93. The summed E-state index contributed by atoms with van der Waals surface area (Å²) in [4.78, 5) is 37.3. The average Bonchev–Trinajstić information content (AvgIpc) is 2.82. The average molecular weight is 366 g/mol. The molecule has 1 aliphatic rings. The Kier molecular flexibility index (Phi) is 5.95. The highest BCUT2D eigenvalue weighted by Crippen LogP contribution is 2.30. The number of methoxy groups -OCH3 is 1. The minimum absolute atomic E-state index is 0.119. The maximum atomic E-state index is 12.3. The zero-order chi connectivity index (χ0) is 17.9. The lowest BCUT2D eigenvalue weighted by molar-refractivity contribution is -0.129. The number of benzene rings is 1. The molecule has 1 atom stereocenters. The van der Waals surface area contributed by atoms with E-state index < -0.39 is 5.91 Å². The summed E-state index contributed by atoms with van der Waals surface area (Å²) >= 11 is 6.47. The minimum Gasteiger partial charge on any atom is -0.495 e. The van der Waals surface area contributed by atoms with Crippen LogP contribution in [0.5, 0.6) is 5.75 Å². The standard InChI is InChI=1S/C16H18N2O4S2/c1-4-13-15(21)18(16(23)24-13)8-14(20)17-11-7-10(9(2)19)5-6-12(11)22-3/h5-7,13H,4,8H2,1-3H3,(H,17,20). The van der Waals surface area contributed by atoms with Gasteiger partial charge in [-0.1, -0.05) is 30.9 Å². The molecule has 1 saturated heterocycles. The lowest BCUT2D eigenvalue weighted by atomic mass is 10.1. The molecular weight excluding hydrogens is 348 g/mol. The highest BCUT2D eigenvalue weighted by Gasteiger charge is 2.36. The smallest absolute Gasteiger partial charge is 0.244 e. The molecule has 8 heteroatoms. The number of hydrogen-bond acceptors (Lipinski definition) is 6. The van der Waals surface area contributed by atoms with Crippen LogP contribution in [0.4, 0.5) is 5.69 Å². The van der Waals surface area contributed by atoms with E-state index in [1.54, 1.807) is 18.2 Å². The fourth-order valence-electron chi connectivity index (χ4n) is 2.26. The number of ketones is 1. The third kappa shape index (κ3) is 3.93. The second-order valence-corrected chi connectivity index (χ2v) is 7.06. The van der Waals surface area contributed by atoms with Crippen LogP contribution in [0.1, 0.15) is 30.6 Å². The summed E-state index contributed by atoms with van der Waals surface area (Å²) in [5.74, 6) is -0.232. The SMILES string of the molecule is CCC1SC(=S)N(CC(=O)Nc2cc(C(C)=O)ccc2OC)C1=O. The monoisotopic (exact) mass is 366 g/mol. The van der Waals surface area contributed by atoms with Gasteiger partial charge in [-0.15, -0.1) is 0 Å². The molecule has 1 heterocycles. The maximum Gasteiger partial charge on any atom is 0.244 e. The van der Waals surface area contributed by atoms with Gasteiger partial charge in [-0.2, -0.15) is 0 Å². The highest BCUT2D eigenvalue weighted by molar-refractivity contribution is 8.24. The molecule has 1 aliphatic heterocycles. The molecule has 1 N–H and O–H groups in total. The van der Waals surface area contributed by atoms with Gasteiger partial charge in [0.15, 0.2) is 5.78 Å². The summed E-state index contributed by atoms with van der Waals surface area (Å²) < 4.78 is 5.60. The first-order valence-corrected chi connectivity index (χ1v) is 8.67. The van der Waals surface area contributed by atoms with Crippen LogP contribution in [0.25, 0.3) is 0 Å². The predicted molar refractivity (Wildman–Crippen MR) is 97.6 cm³/mol. The molecule has 2 amide bonds. The number of carbonyl (C=O) groups excluding carboxylic acids is 3. The van der Waals surface area contributed by atoms with Gasteiger partial charge in [-0.3, -0.25) is 19.3 Å². The minimum atomic E-state index is -0.401. The number of anilines is 1. The van der Waals surface area contributed by atoms with Gasteiger partial charge < -0.3 is 10.1 Å². The number of rotatable bonds is 6. The number of nitrogens with one attached hydrogen (secondary N) is 1. The normalized spacial score (nSPS) is 17.1. The molecule has 24 heavy (non-hydrogen) atoms. The third-order valence-electron chi connectivity index (χ3n) is 3.56.